The summed E-state index contributed by atoms with van der Waals surface area (Å²) in [5.41, 5.74) is 2.45. The van der Waals surface area contributed by atoms with Gasteiger partial charge in [-0.2, -0.15) is 10.1 Å². The molecule has 0 spiro atoms. The molecule has 9 heteroatoms. The van der Waals surface area contributed by atoms with Crippen molar-refractivity contribution in [1.82, 2.24) is 14.8 Å². The van der Waals surface area contributed by atoms with Gasteiger partial charge in [0.15, 0.2) is 11.5 Å². The molecular weight excluding hydrogens is 451 g/mol. The number of carbonyl (C=O) groups excluding carboxylic acids is 1. The number of benzene rings is 2. The Kier molecular flexibility index (Phi) is 7.64. The minimum absolute atomic E-state index is 0.0568. The molecule has 1 N–H and O–H groups in total. The van der Waals surface area contributed by atoms with Crippen molar-refractivity contribution in [2.75, 3.05) is 18.5 Å². The summed E-state index contributed by atoms with van der Waals surface area (Å²) in [4.78, 5) is 17.4. The number of rotatable bonds is 10. The minimum Gasteiger partial charge on any atom is -0.490 e. The first kappa shape index (κ1) is 24.3. The fraction of sp³-hybridized carbons (Fsp3) is 0.346. The maximum Gasteiger partial charge on any atom is 0.338 e. The highest BCUT2D eigenvalue weighted by molar-refractivity contribution is 5.92. The van der Waals surface area contributed by atoms with Crippen LogP contribution in [0.3, 0.4) is 0 Å². The van der Waals surface area contributed by atoms with E-state index in [-0.39, 0.29) is 19.0 Å². The Morgan fingerprint density at radius 1 is 1.09 bits per heavy atom. The second-order valence-corrected chi connectivity index (χ2v) is 7.94. The van der Waals surface area contributed by atoms with Gasteiger partial charge in [-0.05, 0) is 44.0 Å². The van der Waals surface area contributed by atoms with Crippen molar-refractivity contribution in [2.24, 2.45) is 0 Å². The SMILES string of the molecule is CCCC1=C(C(=O)OCC)[C@H](c2ccc(OCc3ccccc3F)c(OCC)c2)n2ncnc2N1. The average molecular weight is 481 g/mol. The third-order valence-electron chi connectivity index (χ3n) is 5.60. The van der Waals surface area contributed by atoms with E-state index in [1.165, 1.54) is 12.4 Å². The van der Waals surface area contributed by atoms with Gasteiger partial charge in [0.1, 0.15) is 24.8 Å². The van der Waals surface area contributed by atoms with E-state index in [4.69, 9.17) is 14.2 Å². The second-order valence-electron chi connectivity index (χ2n) is 7.94. The monoisotopic (exact) mass is 480 g/mol. The molecule has 0 bridgehead atoms. The second kappa shape index (κ2) is 11.0. The van der Waals surface area contributed by atoms with Crippen LogP contribution in [0.5, 0.6) is 11.5 Å². The van der Waals surface area contributed by atoms with Crippen LogP contribution in [-0.4, -0.2) is 33.9 Å². The van der Waals surface area contributed by atoms with Crippen LogP contribution in [0, 0.1) is 5.82 Å². The first-order chi connectivity index (χ1) is 17.1. The lowest BCUT2D eigenvalue weighted by atomic mass is 9.93. The number of halogens is 1. The Hall–Kier alpha value is -3.88. The van der Waals surface area contributed by atoms with Gasteiger partial charge in [0.25, 0.3) is 0 Å². The first-order valence-corrected chi connectivity index (χ1v) is 11.8. The van der Waals surface area contributed by atoms with E-state index in [1.54, 1.807) is 35.9 Å². The molecule has 1 atom stereocenters. The maximum absolute atomic E-state index is 14.1. The zero-order chi connectivity index (χ0) is 24.8. The quantitative estimate of drug-likeness (QED) is 0.407. The molecule has 1 aromatic heterocycles. The average Bonchev–Trinajstić information content (AvgIpc) is 3.32. The highest BCUT2D eigenvalue weighted by Crippen LogP contribution is 2.40. The van der Waals surface area contributed by atoms with Crippen LogP contribution < -0.4 is 14.8 Å². The Labute approximate surface area is 203 Å². The summed E-state index contributed by atoms with van der Waals surface area (Å²) in [7, 11) is 0. The standard InChI is InChI=1S/C26H29FN4O4/c1-4-9-20-23(25(32)34-6-3)24(31-26(30-20)28-16-29-31)17-12-13-21(22(14-17)33-5-2)35-15-18-10-7-8-11-19(18)27/h7-8,10-14,16,24H,4-6,9,15H2,1-3H3,(H,28,29,30)/t24-/m0/s1. The van der Waals surface area contributed by atoms with E-state index < -0.39 is 12.0 Å². The van der Waals surface area contributed by atoms with Crippen LogP contribution in [0.2, 0.25) is 0 Å². The molecule has 0 saturated carbocycles. The van der Waals surface area contributed by atoms with E-state index in [0.29, 0.717) is 41.6 Å². The summed E-state index contributed by atoms with van der Waals surface area (Å²) in [6.07, 6.45) is 2.93. The third kappa shape index (κ3) is 5.13. The number of hydrogen-bond acceptors (Lipinski definition) is 7. The number of hydrogen-bond donors (Lipinski definition) is 1. The topological polar surface area (TPSA) is 87.5 Å². The highest BCUT2D eigenvalue weighted by atomic mass is 19.1. The third-order valence-corrected chi connectivity index (χ3v) is 5.60. The molecule has 0 aliphatic carbocycles. The molecule has 35 heavy (non-hydrogen) atoms. The lowest BCUT2D eigenvalue weighted by Gasteiger charge is -2.29. The van der Waals surface area contributed by atoms with Gasteiger partial charge in [0, 0.05) is 11.3 Å². The van der Waals surface area contributed by atoms with Crippen molar-refractivity contribution < 1.29 is 23.4 Å². The molecule has 0 radical (unpaired) electrons. The number of anilines is 1. The van der Waals surface area contributed by atoms with Crippen LogP contribution in [0.1, 0.15) is 50.8 Å². The predicted octanol–water partition coefficient (Wildman–Crippen LogP) is 5.03. The number of nitrogens with one attached hydrogen (secondary N) is 1. The number of carbonyl (C=O) groups is 1. The summed E-state index contributed by atoms with van der Waals surface area (Å²) >= 11 is 0. The van der Waals surface area contributed by atoms with Gasteiger partial charge in [-0.15, -0.1) is 0 Å². The van der Waals surface area contributed by atoms with Gasteiger partial charge >= 0.3 is 5.97 Å². The van der Waals surface area contributed by atoms with Crippen molar-refractivity contribution in [3.8, 4) is 11.5 Å². The highest BCUT2D eigenvalue weighted by Gasteiger charge is 2.35. The Bertz CT molecular complexity index is 1220. The number of ether oxygens (including phenoxy) is 3. The van der Waals surface area contributed by atoms with Crippen LogP contribution in [0.4, 0.5) is 10.3 Å². The molecule has 0 saturated heterocycles. The molecule has 0 unspecified atom stereocenters. The molecule has 0 amide bonds. The van der Waals surface area contributed by atoms with Crippen molar-refractivity contribution in [1.29, 1.82) is 0 Å². The summed E-state index contributed by atoms with van der Waals surface area (Å²) < 4.78 is 32.9. The smallest absolute Gasteiger partial charge is 0.338 e. The molecule has 2 heterocycles. The van der Waals surface area contributed by atoms with Crippen LogP contribution >= 0.6 is 0 Å². The van der Waals surface area contributed by atoms with Gasteiger partial charge in [-0.3, -0.25) is 0 Å². The molecule has 4 rings (SSSR count). The number of fused-ring (bicyclic) bond motifs is 1. The lowest BCUT2D eigenvalue weighted by Crippen LogP contribution is -2.30. The van der Waals surface area contributed by atoms with Crippen molar-refractivity contribution in [3.05, 3.63) is 77.0 Å². The van der Waals surface area contributed by atoms with E-state index in [2.05, 4.69) is 15.4 Å². The van der Waals surface area contributed by atoms with E-state index in [0.717, 1.165) is 17.7 Å². The summed E-state index contributed by atoms with van der Waals surface area (Å²) in [6, 6.07) is 11.4. The molecule has 0 fully saturated rings. The molecule has 3 aromatic rings. The summed E-state index contributed by atoms with van der Waals surface area (Å²) in [5.74, 6) is 0.767. The Morgan fingerprint density at radius 3 is 2.66 bits per heavy atom. The first-order valence-electron chi connectivity index (χ1n) is 11.8. The molecule has 8 nitrogen and oxygen atoms in total. The Morgan fingerprint density at radius 2 is 1.91 bits per heavy atom. The van der Waals surface area contributed by atoms with Gasteiger partial charge in [-0.25, -0.2) is 13.9 Å². The largest absolute Gasteiger partial charge is 0.490 e. The number of aromatic nitrogens is 3. The normalized spacial score (nSPS) is 14.8. The lowest BCUT2D eigenvalue weighted by molar-refractivity contribution is -0.139. The number of nitrogens with zero attached hydrogens (tertiary/aromatic N) is 3. The Balaban J connectivity index is 1.74. The predicted molar refractivity (Wildman–Crippen MR) is 129 cm³/mol. The summed E-state index contributed by atoms with van der Waals surface area (Å²) in [6.45, 7) is 6.41. The fourth-order valence-corrected chi connectivity index (χ4v) is 4.07. The van der Waals surface area contributed by atoms with Crippen molar-refractivity contribution in [3.63, 3.8) is 0 Å². The maximum atomic E-state index is 14.1. The molecule has 2 aromatic carbocycles. The van der Waals surface area contributed by atoms with Crippen molar-refractivity contribution >= 4 is 11.9 Å². The number of esters is 1. The van der Waals surface area contributed by atoms with Crippen LogP contribution in [0.15, 0.2) is 60.1 Å². The minimum atomic E-state index is -0.561. The summed E-state index contributed by atoms with van der Waals surface area (Å²) in [5, 5.41) is 7.61. The van der Waals surface area contributed by atoms with E-state index in [9.17, 15) is 9.18 Å². The van der Waals surface area contributed by atoms with Gasteiger partial charge in [0.05, 0.1) is 18.8 Å². The molecule has 1 aliphatic rings. The van der Waals surface area contributed by atoms with Crippen LogP contribution in [0.25, 0.3) is 0 Å². The van der Waals surface area contributed by atoms with Gasteiger partial charge < -0.3 is 19.5 Å². The molecule has 1 aliphatic heterocycles. The van der Waals surface area contributed by atoms with Gasteiger partial charge in [0.2, 0.25) is 5.95 Å². The number of allylic oxidation sites excluding steroid dienone is 1. The van der Waals surface area contributed by atoms with Crippen molar-refractivity contribution in [2.45, 2.75) is 46.3 Å². The van der Waals surface area contributed by atoms with E-state index >= 15 is 0 Å². The molecular formula is C26H29FN4O4. The fourth-order valence-electron chi connectivity index (χ4n) is 4.07. The van der Waals surface area contributed by atoms with E-state index in [1.807, 2.05) is 26.0 Å². The van der Waals surface area contributed by atoms with Gasteiger partial charge in [-0.1, -0.05) is 37.6 Å². The van der Waals surface area contributed by atoms with Crippen LogP contribution in [-0.2, 0) is 16.1 Å². The zero-order valence-electron chi connectivity index (χ0n) is 20.1. The molecule has 184 valence electrons. The zero-order valence-corrected chi connectivity index (χ0v) is 20.1.